The maximum Gasteiger partial charge on any atom is 0.407 e. The average molecular weight is 754 g/mol. The molecule has 1 aromatic carbocycles. The molecule has 7 rings (SSSR count). The van der Waals surface area contributed by atoms with Gasteiger partial charge in [0, 0.05) is 23.4 Å². The number of nitrogens with zero attached hydrogens (tertiary/aromatic N) is 2. The van der Waals surface area contributed by atoms with Crippen molar-refractivity contribution in [3.8, 4) is 11.6 Å². The zero-order valence-electron chi connectivity index (χ0n) is 30.6. The quantitative estimate of drug-likeness (QED) is 0.358. The van der Waals surface area contributed by atoms with Crippen LogP contribution in [0.1, 0.15) is 96.0 Å². The lowest BCUT2D eigenvalue weighted by Crippen LogP contribution is -2.59. The Balaban J connectivity index is 1.22. The van der Waals surface area contributed by atoms with Gasteiger partial charge in [-0.25, -0.2) is 18.2 Å². The van der Waals surface area contributed by atoms with Gasteiger partial charge in [0.25, 0.3) is 5.91 Å². The molecule has 0 spiro atoms. The fraction of sp³-hybridized carbons (Fsp3) is 0.658. The number of aromatic nitrogens is 1. The van der Waals surface area contributed by atoms with Gasteiger partial charge < -0.3 is 29.7 Å². The largest absolute Gasteiger partial charge is 0.496 e. The average Bonchev–Trinajstić information content (AvgIpc) is 4.08. The fourth-order valence-electron chi connectivity index (χ4n) is 8.49. The van der Waals surface area contributed by atoms with Gasteiger partial charge in [-0.1, -0.05) is 32.6 Å². The third-order valence-electron chi connectivity index (χ3n) is 11.8. The number of aryl methyl sites for hydroxylation is 1. The standard InChI is InChI=1S/C38H51N5O9S/c1-3-25-21-38(25,36(46)42-53(48,49)27-13-14-27)41-33(44)30-20-26-22-43(30)35(45)32(24-11-7-4-8-12-24)40-37(47)51-17-9-5-6-10-23-18-29-28(31(19-23)50-2)15-16-39-34(29)52-26/h15-16,18-19,24-27,30,32H,3-14,17,20-22H2,1-2H3,(H,40,47)(H,41,44)(H,42,46)/t25-,26+,30-,32-,38+/m0/s1. The Morgan fingerprint density at radius 1 is 1.06 bits per heavy atom. The smallest absolute Gasteiger partial charge is 0.407 e. The number of pyridine rings is 1. The highest BCUT2D eigenvalue weighted by atomic mass is 32.2. The van der Waals surface area contributed by atoms with Crippen molar-refractivity contribution in [1.29, 1.82) is 0 Å². The van der Waals surface area contributed by atoms with Crippen molar-refractivity contribution < 1.29 is 41.8 Å². The topological polar surface area (TPSA) is 182 Å². The second-order valence-electron chi connectivity index (χ2n) is 15.4. The van der Waals surface area contributed by atoms with Crippen molar-refractivity contribution >= 4 is 44.6 Å². The van der Waals surface area contributed by atoms with Gasteiger partial charge in [-0.3, -0.25) is 19.1 Å². The fourth-order valence-corrected chi connectivity index (χ4v) is 9.85. The summed E-state index contributed by atoms with van der Waals surface area (Å²) in [4.78, 5) is 61.9. The van der Waals surface area contributed by atoms with E-state index in [4.69, 9.17) is 14.2 Å². The van der Waals surface area contributed by atoms with E-state index in [0.29, 0.717) is 37.3 Å². The van der Waals surface area contributed by atoms with E-state index in [1.165, 1.54) is 4.90 Å². The highest BCUT2D eigenvalue weighted by Crippen LogP contribution is 2.47. The number of carbonyl (C=O) groups excluding carboxylic acids is 4. The van der Waals surface area contributed by atoms with Gasteiger partial charge in [-0.2, -0.15) is 0 Å². The van der Waals surface area contributed by atoms with Gasteiger partial charge in [-0.15, -0.1) is 0 Å². The molecule has 0 unspecified atom stereocenters. The van der Waals surface area contributed by atoms with E-state index in [0.717, 1.165) is 67.7 Å². The number of fused-ring (bicyclic) bond motifs is 3. The number of benzene rings is 1. The lowest BCUT2D eigenvalue weighted by atomic mass is 9.83. The maximum absolute atomic E-state index is 14.7. The Morgan fingerprint density at radius 3 is 2.55 bits per heavy atom. The summed E-state index contributed by atoms with van der Waals surface area (Å²) in [7, 11) is -2.24. The summed E-state index contributed by atoms with van der Waals surface area (Å²) in [6.45, 7) is 2.11. The third-order valence-corrected chi connectivity index (χ3v) is 13.6. The Bertz CT molecular complexity index is 1850. The second-order valence-corrected chi connectivity index (χ2v) is 17.4. The van der Waals surface area contributed by atoms with E-state index in [-0.39, 0.29) is 37.8 Å². The molecular formula is C38H51N5O9S. The number of nitrogens with one attached hydrogen (secondary N) is 3. The number of rotatable bonds is 8. The third kappa shape index (κ3) is 7.90. The molecule has 2 aromatic rings. The van der Waals surface area contributed by atoms with E-state index in [9.17, 15) is 27.6 Å². The molecule has 3 heterocycles. The molecule has 14 nitrogen and oxygen atoms in total. The molecule has 0 radical (unpaired) electrons. The van der Waals surface area contributed by atoms with Crippen molar-refractivity contribution in [1.82, 2.24) is 25.2 Å². The Labute approximate surface area is 310 Å². The van der Waals surface area contributed by atoms with Crippen molar-refractivity contribution in [3.05, 3.63) is 30.0 Å². The zero-order valence-corrected chi connectivity index (χ0v) is 31.4. The molecule has 5 aliphatic rings. The second kappa shape index (κ2) is 15.3. The molecule has 53 heavy (non-hydrogen) atoms. The van der Waals surface area contributed by atoms with Crippen LogP contribution in [0.2, 0.25) is 0 Å². The highest BCUT2D eigenvalue weighted by Gasteiger charge is 2.62. The molecule has 4 fully saturated rings. The molecule has 288 valence electrons. The van der Waals surface area contributed by atoms with Gasteiger partial charge >= 0.3 is 6.09 Å². The zero-order chi connectivity index (χ0) is 37.3. The lowest BCUT2D eigenvalue weighted by Gasteiger charge is -2.34. The summed E-state index contributed by atoms with van der Waals surface area (Å²) in [6, 6.07) is 3.90. The van der Waals surface area contributed by atoms with E-state index in [1.54, 1.807) is 13.3 Å². The predicted molar refractivity (Wildman–Crippen MR) is 195 cm³/mol. The van der Waals surface area contributed by atoms with Gasteiger partial charge in [0.15, 0.2) is 0 Å². The number of amides is 4. The van der Waals surface area contributed by atoms with Gasteiger partial charge in [-0.05, 0) is 93.4 Å². The maximum atomic E-state index is 14.7. The summed E-state index contributed by atoms with van der Waals surface area (Å²) in [5, 5.41) is 6.74. The summed E-state index contributed by atoms with van der Waals surface area (Å²) < 4.78 is 45.6. The molecule has 1 aromatic heterocycles. The first kappa shape index (κ1) is 37.2. The summed E-state index contributed by atoms with van der Waals surface area (Å²) >= 11 is 0. The van der Waals surface area contributed by atoms with Crippen LogP contribution < -0.4 is 24.8 Å². The minimum Gasteiger partial charge on any atom is -0.496 e. The van der Waals surface area contributed by atoms with Gasteiger partial charge in [0.2, 0.25) is 27.7 Å². The van der Waals surface area contributed by atoms with E-state index in [2.05, 4.69) is 20.3 Å². The van der Waals surface area contributed by atoms with Crippen LogP contribution in [-0.2, 0) is 35.6 Å². The first-order chi connectivity index (χ1) is 25.5. The number of hydrogen-bond acceptors (Lipinski definition) is 10. The van der Waals surface area contributed by atoms with Crippen LogP contribution in [0.15, 0.2) is 24.4 Å². The number of methoxy groups -OCH3 is 1. The van der Waals surface area contributed by atoms with Crippen molar-refractivity contribution in [3.63, 3.8) is 0 Å². The molecule has 5 atom stereocenters. The Kier molecular flexibility index (Phi) is 10.7. The molecule has 2 aliphatic heterocycles. The van der Waals surface area contributed by atoms with E-state index < -0.39 is 62.8 Å². The normalized spacial score (nSPS) is 28.6. The number of ether oxygens (including phenoxy) is 3. The van der Waals surface area contributed by atoms with E-state index >= 15 is 0 Å². The number of carbonyl (C=O) groups is 4. The van der Waals surface area contributed by atoms with Crippen molar-refractivity contribution in [2.75, 3.05) is 20.3 Å². The van der Waals surface area contributed by atoms with Crippen LogP contribution in [0, 0.1) is 11.8 Å². The summed E-state index contributed by atoms with van der Waals surface area (Å²) in [5.41, 5.74) is -0.382. The highest BCUT2D eigenvalue weighted by molar-refractivity contribution is 7.91. The Hall–Kier alpha value is -4.14. The lowest BCUT2D eigenvalue weighted by molar-refractivity contribution is -0.142. The molecule has 3 aliphatic carbocycles. The number of alkyl carbamates (subject to hydrolysis) is 1. The molecule has 4 bridgehead atoms. The van der Waals surface area contributed by atoms with Gasteiger partial charge in [0.1, 0.15) is 29.5 Å². The van der Waals surface area contributed by atoms with E-state index in [1.807, 2.05) is 25.1 Å². The van der Waals surface area contributed by atoms with Crippen molar-refractivity contribution in [2.45, 2.75) is 126 Å². The van der Waals surface area contributed by atoms with Crippen LogP contribution in [0.5, 0.6) is 11.6 Å². The number of hydrogen-bond donors (Lipinski definition) is 3. The molecule has 1 saturated heterocycles. The Morgan fingerprint density at radius 2 is 1.83 bits per heavy atom. The summed E-state index contributed by atoms with van der Waals surface area (Å²) in [6.07, 6.45) is 9.64. The monoisotopic (exact) mass is 753 g/mol. The van der Waals surface area contributed by atoms with Crippen molar-refractivity contribution in [2.24, 2.45) is 11.8 Å². The van der Waals surface area contributed by atoms with Crippen LogP contribution in [0.4, 0.5) is 4.79 Å². The molecule has 15 heteroatoms. The molecular weight excluding hydrogens is 703 g/mol. The number of cyclic esters (lactones) is 1. The minimum absolute atomic E-state index is 0.0260. The first-order valence-electron chi connectivity index (χ1n) is 19.3. The molecule has 4 amide bonds. The number of sulfonamides is 1. The molecule has 3 N–H and O–H groups in total. The van der Waals surface area contributed by atoms with Crippen LogP contribution >= 0.6 is 0 Å². The first-order valence-corrected chi connectivity index (χ1v) is 20.8. The van der Waals surface area contributed by atoms with Crippen LogP contribution in [0.3, 0.4) is 0 Å². The SMILES string of the molecule is CC[C@H]1C[C@]1(NC(=O)[C@@H]1C[C@@H]2CN1C(=O)[C@H](C1CCCCC1)NC(=O)OCCCCCc1cc(OC)c3ccnc(c3c1)O2)C(=O)NS(=O)(=O)C1CC1. The molecule has 3 saturated carbocycles. The minimum atomic E-state index is -3.85. The summed E-state index contributed by atoms with van der Waals surface area (Å²) in [5.74, 6) is -1.14. The van der Waals surface area contributed by atoms with Gasteiger partial charge in [0.05, 0.1) is 25.5 Å². The predicted octanol–water partition coefficient (Wildman–Crippen LogP) is 3.89. The van der Waals surface area contributed by atoms with Crippen LogP contribution in [0.25, 0.3) is 10.8 Å². The van der Waals surface area contributed by atoms with Crippen LogP contribution in [-0.4, -0.2) is 91.4 Å².